The van der Waals surface area contributed by atoms with Crippen molar-refractivity contribution in [3.63, 3.8) is 0 Å². The normalized spacial score (nSPS) is 11.1. The number of aromatic nitrogens is 2. The first-order valence-electron chi connectivity index (χ1n) is 5.27. The predicted molar refractivity (Wildman–Crippen MR) is 55.8 cm³/mol. The Morgan fingerprint density at radius 1 is 1.38 bits per heavy atom. The molecule has 2 heteroatoms. The summed E-state index contributed by atoms with van der Waals surface area (Å²) in [5.74, 6) is 1.24. The first-order valence-corrected chi connectivity index (χ1v) is 5.27. The smallest absolute Gasteiger partial charge is 0.108 e. The van der Waals surface area contributed by atoms with Crippen LogP contribution in [0.3, 0.4) is 0 Å². The van der Waals surface area contributed by atoms with E-state index in [1.807, 2.05) is 6.20 Å². The second-order valence-electron chi connectivity index (χ2n) is 3.80. The van der Waals surface area contributed by atoms with Gasteiger partial charge in [0.1, 0.15) is 5.82 Å². The van der Waals surface area contributed by atoms with E-state index >= 15 is 0 Å². The minimum atomic E-state index is 0.541. The lowest BCUT2D eigenvalue weighted by Gasteiger charge is -2.10. The molecule has 1 aromatic heterocycles. The predicted octanol–water partition coefficient (Wildman–Crippen LogP) is 3.20. The Labute approximate surface area is 81.0 Å². The molecular weight excluding hydrogens is 160 g/mol. The monoisotopic (exact) mass is 180 g/mol. The maximum atomic E-state index is 4.37. The summed E-state index contributed by atoms with van der Waals surface area (Å²) >= 11 is 0. The van der Waals surface area contributed by atoms with Crippen LogP contribution in [0.15, 0.2) is 12.4 Å². The Morgan fingerprint density at radius 2 is 2.15 bits per heavy atom. The van der Waals surface area contributed by atoms with Crippen LogP contribution < -0.4 is 0 Å². The van der Waals surface area contributed by atoms with Crippen LogP contribution in [0.25, 0.3) is 0 Å². The first kappa shape index (κ1) is 10.3. The summed E-state index contributed by atoms with van der Waals surface area (Å²) in [6.07, 6.45) is 8.96. The fraction of sp³-hybridized carbons (Fsp3) is 0.727. The molecule has 0 unspecified atom stereocenters. The standard InChI is InChI=1S/C11H20N2/c1-4-5-6-7-11-12-8-9-13(11)10(2)3/h8-10H,4-7H2,1-3H3. The molecule has 0 N–H and O–H groups in total. The van der Waals surface area contributed by atoms with Gasteiger partial charge in [0, 0.05) is 24.9 Å². The van der Waals surface area contributed by atoms with Crippen LogP contribution >= 0.6 is 0 Å². The van der Waals surface area contributed by atoms with E-state index in [-0.39, 0.29) is 0 Å². The molecule has 1 rings (SSSR count). The van der Waals surface area contributed by atoms with E-state index in [2.05, 4.69) is 36.5 Å². The Balaban J connectivity index is 2.50. The zero-order chi connectivity index (χ0) is 9.68. The van der Waals surface area contributed by atoms with E-state index in [1.165, 1.54) is 25.1 Å². The number of imidazole rings is 1. The minimum absolute atomic E-state index is 0.541. The highest BCUT2D eigenvalue weighted by Gasteiger charge is 2.04. The fourth-order valence-electron chi connectivity index (χ4n) is 1.54. The van der Waals surface area contributed by atoms with Crippen LogP contribution in [0.2, 0.25) is 0 Å². The second-order valence-corrected chi connectivity index (χ2v) is 3.80. The van der Waals surface area contributed by atoms with Gasteiger partial charge in [-0.2, -0.15) is 0 Å². The zero-order valence-corrected chi connectivity index (χ0v) is 8.95. The van der Waals surface area contributed by atoms with Crippen molar-refractivity contribution < 1.29 is 0 Å². The number of hydrogen-bond donors (Lipinski definition) is 0. The van der Waals surface area contributed by atoms with Gasteiger partial charge in [0.25, 0.3) is 0 Å². The molecule has 0 fully saturated rings. The summed E-state index contributed by atoms with van der Waals surface area (Å²) in [4.78, 5) is 4.37. The van der Waals surface area contributed by atoms with Gasteiger partial charge in [0.2, 0.25) is 0 Å². The molecule has 2 nitrogen and oxygen atoms in total. The number of aryl methyl sites for hydroxylation is 1. The molecule has 0 aromatic carbocycles. The number of rotatable bonds is 5. The van der Waals surface area contributed by atoms with Crippen LogP contribution in [0.5, 0.6) is 0 Å². The third kappa shape index (κ3) is 2.87. The second kappa shape index (κ2) is 5.05. The van der Waals surface area contributed by atoms with Crippen LogP contribution in [0.4, 0.5) is 0 Å². The maximum absolute atomic E-state index is 4.37. The van der Waals surface area contributed by atoms with E-state index in [0.29, 0.717) is 6.04 Å². The van der Waals surface area contributed by atoms with Gasteiger partial charge in [-0.1, -0.05) is 19.8 Å². The number of unbranched alkanes of at least 4 members (excludes halogenated alkanes) is 2. The molecule has 0 saturated heterocycles. The molecule has 0 saturated carbocycles. The van der Waals surface area contributed by atoms with Crippen molar-refractivity contribution in [2.75, 3.05) is 0 Å². The Hall–Kier alpha value is -0.790. The molecule has 0 radical (unpaired) electrons. The summed E-state index contributed by atoms with van der Waals surface area (Å²) in [5.41, 5.74) is 0. The lowest BCUT2D eigenvalue weighted by atomic mass is 10.2. The average molecular weight is 180 g/mol. The van der Waals surface area contributed by atoms with Crippen molar-refractivity contribution >= 4 is 0 Å². The van der Waals surface area contributed by atoms with E-state index < -0.39 is 0 Å². The fourth-order valence-corrected chi connectivity index (χ4v) is 1.54. The molecule has 74 valence electrons. The summed E-state index contributed by atoms with van der Waals surface area (Å²) in [6, 6.07) is 0.541. The summed E-state index contributed by atoms with van der Waals surface area (Å²) in [5, 5.41) is 0. The van der Waals surface area contributed by atoms with Gasteiger partial charge in [0.15, 0.2) is 0 Å². The SMILES string of the molecule is CCCCCc1nccn1C(C)C. The lowest BCUT2D eigenvalue weighted by molar-refractivity contribution is 0.554. The summed E-state index contributed by atoms with van der Waals surface area (Å²) in [6.45, 7) is 6.63. The van der Waals surface area contributed by atoms with Crippen molar-refractivity contribution in [3.05, 3.63) is 18.2 Å². The van der Waals surface area contributed by atoms with E-state index in [9.17, 15) is 0 Å². The van der Waals surface area contributed by atoms with Crippen molar-refractivity contribution in [1.82, 2.24) is 9.55 Å². The van der Waals surface area contributed by atoms with Gasteiger partial charge in [0.05, 0.1) is 0 Å². The highest BCUT2D eigenvalue weighted by molar-refractivity contribution is 4.94. The Kier molecular flexibility index (Phi) is 4.00. The van der Waals surface area contributed by atoms with Crippen molar-refractivity contribution in [1.29, 1.82) is 0 Å². The highest BCUT2D eigenvalue weighted by atomic mass is 15.1. The first-order chi connectivity index (χ1) is 6.25. The van der Waals surface area contributed by atoms with Crippen molar-refractivity contribution in [2.24, 2.45) is 0 Å². The molecule has 0 aliphatic carbocycles. The van der Waals surface area contributed by atoms with Gasteiger partial charge in [-0.3, -0.25) is 0 Å². The lowest BCUT2D eigenvalue weighted by Crippen LogP contribution is -2.05. The number of hydrogen-bond acceptors (Lipinski definition) is 1. The molecule has 0 aliphatic heterocycles. The number of nitrogens with zero attached hydrogens (tertiary/aromatic N) is 2. The van der Waals surface area contributed by atoms with E-state index in [0.717, 1.165) is 6.42 Å². The molecule has 1 heterocycles. The van der Waals surface area contributed by atoms with Gasteiger partial charge in [-0.15, -0.1) is 0 Å². The average Bonchev–Trinajstić information content (AvgIpc) is 2.53. The topological polar surface area (TPSA) is 17.8 Å². The zero-order valence-electron chi connectivity index (χ0n) is 8.95. The van der Waals surface area contributed by atoms with Crippen LogP contribution in [0.1, 0.15) is 51.9 Å². The van der Waals surface area contributed by atoms with E-state index in [1.54, 1.807) is 0 Å². The van der Waals surface area contributed by atoms with Crippen LogP contribution in [-0.2, 0) is 6.42 Å². The molecule has 0 bridgehead atoms. The molecule has 0 atom stereocenters. The van der Waals surface area contributed by atoms with Gasteiger partial charge >= 0.3 is 0 Å². The van der Waals surface area contributed by atoms with Crippen LogP contribution in [-0.4, -0.2) is 9.55 Å². The minimum Gasteiger partial charge on any atom is -0.332 e. The van der Waals surface area contributed by atoms with Crippen LogP contribution in [0, 0.1) is 0 Å². The Bertz CT molecular complexity index is 238. The largest absolute Gasteiger partial charge is 0.332 e. The molecule has 1 aromatic rings. The Morgan fingerprint density at radius 3 is 2.77 bits per heavy atom. The van der Waals surface area contributed by atoms with Gasteiger partial charge in [-0.25, -0.2) is 4.98 Å². The van der Waals surface area contributed by atoms with E-state index in [4.69, 9.17) is 0 Å². The maximum Gasteiger partial charge on any atom is 0.108 e. The third-order valence-electron chi connectivity index (χ3n) is 2.31. The summed E-state index contributed by atoms with van der Waals surface area (Å²) in [7, 11) is 0. The van der Waals surface area contributed by atoms with Gasteiger partial charge < -0.3 is 4.57 Å². The highest BCUT2D eigenvalue weighted by Crippen LogP contribution is 2.10. The molecule has 13 heavy (non-hydrogen) atoms. The molecule has 0 spiro atoms. The van der Waals surface area contributed by atoms with Crippen molar-refractivity contribution in [2.45, 2.75) is 52.5 Å². The molecule has 0 aliphatic rings. The molecule has 0 amide bonds. The van der Waals surface area contributed by atoms with Crippen molar-refractivity contribution in [3.8, 4) is 0 Å². The quantitative estimate of drug-likeness (QED) is 0.636. The molecular formula is C11H20N2. The summed E-state index contributed by atoms with van der Waals surface area (Å²) < 4.78 is 2.26. The third-order valence-corrected chi connectivity index (χ3v) is 2.31. The van der Waals surface area contributed by atoms with Gasteiger partial charge in [-0.05, 0) is 20.3 Å².